The lowest BCUT2D eigenvalue weighted by Crippen LogP contribution is -2.51. The Morgan fingerprint density at radius 1 is 1.11 bits per heavy atom. The van der Waals surface area contributed by atoms with Gasteiger partial charge in [-0.1, -0.05) is 26.7 Å². The van der Waals surface area contributed by atoms with E-state index in [2.05, 4.69) is 38.0 Å². The van der Waals surface area contributed by atoms with Crippen LogP contribution in [0, 0.1) is 17.8 Å². The van der Waals surface area contributed by atoms with Gasteiger partial charge in [0.15, 0.2) is 0 Å². The normalized spacial score (nSPS) is 43.0. The van der Waals surface area contributed by atoms with Gasteiger partial charge in [-0.3, -0.25) is 0 Å². The van der Waals surface area contributed by atoms with Crippen molar-refractivity contribution in [3.05, 3.63) is 0 Å². The summed E-state index contributed by atoms with van der Waals surface area (Å²) in [6.07, 6.45) is 7.13. The minimum atomic E-state index is 0.740. The molecule has 1 saturated heterocycles. The molecule has 2 rings (SSSR count). The van der Waals surface area contributed by atoms with E-state index in [9.17, 15) is 0 Å². The summed E-state index contributed by atoms with van der Waals surface area (Å²) in [5.74, 6) is 2.70. The summed E-state index contributed by atoms with van der Waals surface area (Å²) < 4.78 is 0. The minimum Gasteiger partial charge on any atom is -0.313 e. The van der Waals surface area contributed by atoms with Crippen LogP contribution in [-0.4, -0.2) is 37.1 Å². The van der Waals surface area contributed by atoms with E-state index < -0.39 is 0 Å². The summed E-state index contributed by atoms with van der Waals surface area (Å²) in [5.41, 5.74) is 0. The third-order valence-corrected chi connectivity index (χ3v) is 5.32. The lowest BCUT2D eigenvalue weighted by atomic mass is 9.82. The van der Waals surface area contributed by atoms with Gasteiger partial charge in [0.05, 0.1) is 0 Å². The maximum absolute atomic E-state index is 3.89. The maximum atomic E-state index is 3.89. The second-order valence-corrected chi connectivity index (χ2v) is 7.15. The number of nitrogens with zero attached hydrogens (tertiary/aromatic N) is 1. The molecular weight excluding hydrogens is 220 g/mol. The first-order valence-corrected chi connectivity index (χ1v) is 8.00. The molecule has 1 aliphatic carbocycles. The Morgan fingerprint density at radius 2 is 1.89 bits per heavy atom. The van der Waals surface area contributed by atoms with Gasteiger partial charge in [-0.05, 0) is 57.5 Å². The van der Waals surface area contributed by atoms with Gasteiger partial charge in [0.25, 0.3) is 0 Å². The molecule has 2 fully saturated rings. The van der Waals surface area contributed by atoms with E-state index in [1.54, 1.807) is 0 Å². The van der Waals surface area contributed by atoms with E-state index in [-0.39, 0.29) is 0 Å². The molecule has 1 saturated carbocycles. The van der Waals surface area contributed by atoms with Gasteiger partial charge in [0.1, 0.15) is 0 Å². The summed E-state index contributed by atoms with van der Waals surface area (Å²) in [4.78, 5) is 2.51. The molecule has 1 heterocycles. The number of likely N-dealkylation sites (tertiary alicyclic amines) is 1. The van der Waals surface area contributed by atoms with Crippen LogP contribution in [0.25, 0.3) is 0 Å². The Balaban J connectivity index is 1.75. The largest absolute Gasteiger partial charge is 0.313 e. The van der Waals surface area contributed by atoms with Crippen LogP contribution in [0.2, 0.25) is 0 Å². The summed E-state index contributed by atoms with van der Waals surface area (Å²) in [5, 5.41) is 3.89. The predicted molar refractivity (Wildman–Crippen MR) is 78.8 cm³/mol. The number of rotatable bonds is 3. The van der Waals surface area contributed by atoms with Gasteiger partial charge in [0.2, 0.25) is 0 Å². The van der Waals surface area contributed by atoms with Gasteiger partial charge in [-0.25, -0.2) is 0 Å². The van der Waals surface area contributed by atoms with Gasteiger partial charge >= 0.3 is 0 Å². The van der Waals surface area contributed by atoms with Crippen molar-refractivity contribution in [2.75, 3.05) is 20.1 Å². The molecule has 0 radical (unpaired) electrons. The highest BCUT2D eigenvalue weighted by atomic mass is 15.2. The minimum absolute atomic E-state index is 0.740. The fourth-order valence-electron chi connectivity index (χ4n) is 3.89. The molecule has 0 aromatic heterocycles. The summed E-state index contributed by atoms with van der Waals surface area (Å²) >= 11 is 0. The van der Waals surface area contributed by atoms with E-state index >= 15 is 0 Å². The average molecular weight is 252 g/mol. The zero-order valence-corrected chi connectivity index (χ0v) is 12.8. The van der Waals surface area contributed by atoms with Crippen molar-refractivity contribution in [3.63, 3.8) is 0 Å². The smallest absolute Gasteiger partial charge is 0.0120 e. The zero-order valence-electron chi connectivity index (χ0n) is 12.8. The van der Waals surface area contributed by atoms with Crippen molar-refractivity contribution >= 4 is 0 Å². The molecular formula is C16H32N2. The average Bonchev–Trinajstić information content (AvgIpc) is 2.32. The standard InChI is InChI=1S/C16H32N2/c1-12-6-5-7-15(8-12)10-17-16-9-14(3)18(4)11-13(16)2/h12-17H,5-11H2,1-4H3. The Bertz CT molecular complexity index is 253. The van der Waals surface area contributed by atoms with Crippen LogP contribution in [0.5, 0.6) is 0 Å². The van der Waals surface area contributed by atoms with E-state index in [0.717, 1.165) is 29.8 Å². The van der Waals surface area contributed by atoms with Gasteiger partial charge in [-0.15, -0.1) is 0 Å². The summed E-state index contributed by atoms with van der Waals surface area (Å²) in [6, 6.07) is 1.48. The number of hydrogen-bond acceptors (Lipinski definition) is 2. The SMILES string of the molecule is CC1CCCC(CNC2CC(C)N(C)CC2C)C1. The van der Waals surface area contributed by atoms with Crippen LogP contribution >= 0.6 is 0 Å². The Labute approximate surface area is 114 Å². The molecule has 1 aliphatic heterocycles. The van der Waals surface area contributed by atoms with Crippen molar-refractivity contribution in [2.45, 2.75) is 65.0 Å². The molecule has 0 aromatic carbocycles. The first-order chi connectivity index (χ1) is 8.56. The second kappa shape index (κ2) is 6.38. The van der Waals surface area contributed by atoms with Crippen LogP contribution in [0.1, 0.15) is 52.9 Å². The number of nitrogens with one attached hydrogen (secondary N) is 1. The van der Waals surface area contributed by atoms with Gasteiger partial charge in [-0.2, -0.15) is 0 Å². The topological polar surface area (TPSA) is 15.3 Å². The monoisotopic (exact) mass is 252 g/mol. The highest BCUT2D eigenvalue weighted by molar-refractivity contribution is 4.87. The molecule has 2 aliphatic rings. The molecule has 5 unspecified atom stereocenters. The molecule has 0 aromatic rings. The number of piperidine rings is 1. The third kappa shape index (κ3) is 3.71. The third-order valence-electron chi connectivity index (χ3n) is 5.32. The van der Waals surface area contributed by atoms with E-state index in [1.807, 2.05) is 0 Å². The highest BCUT2D eigenvalue weighted by Gasteiger charge is 2.29. The van der Waals surface area contributed by atoms with Crippen molar-refractivity contribution < 1.29 is 0 Å². The van der Waals surface area contributed by atoms with Crippen LogP contribution in [0.3, 0.4) is 0 Å². The fourth-order valence-corrected chi connectivity index (χ4v) is 3.89. The molecule has 5 atom stereocenters. The number of hydrogen-bond donors (Lipinski definition) is 1. The molecule has 0 amide bonds. The van der Waals surface area contributed by atoms with Crippen LogP contribution in [-0.2, 0) is 0 Å². The van der Waals surface area contributed by atoms with Crippen LogP contribution in [0.4, 0.5) is 0 Å². The van der Waals surface area contributed by atoms with Crippen molar-refractivity contribution in [3.8, 4) is 0 Å². The first-order valence-electron chi connectivity index (χ1n) is 8.00. The Morgan fingerprint density at radius 3 is 2.61 bits per heavy atom. The summed E-state index contributed by atoms with van der Waals surface area (Å²) in [6.45, 7) is 9.70. The van der Waals surface area contributed by atoms with Crippen LogP contribution in [0.15, 0.2) is 0 Å². The lowest BCUT2D eigenvalue weighted by Gasteiger charge is -2.41. The molecule has 0 spiro atoms. The molecule has 18 heavy (non-hydrogen) atoms. The molecule has 106 valence electrons. The first kappa shape index (κ1) is 14.3. The Hall–Kier alpha value is -0.0800. The van der Waals surface area contributed by atoms with E-state index in [1.165, 1.54) is 45.2 Å². The predicted octanol–water partition coefficient (Wildman–Crippen LogP) is 3.13. The summed E-state index contributed by atoms with van der Waals surface area (Å²) in [7, 11) is 2.26. The van der Waals surface area contributed by atoms with Gasteiger partial charge in [0, 0.05) is 18.6 Å². The van der Waals surface area contributed by atoms with E-state index in [0.29, 0.717) is 0 Å². The van der Waals surface area contributed by atoms with Crippen LogP contribution < -0.4 is 5.32 Å². The van der Waals surface area contributed by atoms with Crippen molar-refractivity contribution in [1.82, 2.24) is 10.2 Å². The maximum Gasteiger partial charge on any atom is 0.0120 e. The van der Waals surface area contributed by atoms with Gasteiger partial charge < -0.3 is 10.2 Å². The lowest BCUT2D eigenvalue weighted by molar-refractivity contribution is 0.116. The fraction of sp³-hybridized carbons (Fsp3) is 1.00. The van der Waals surface area contributed by atoms with Crippen molar-refractivity contribution in [2.24, 2.45) is 17.8 Å². The molecule has 2 heteroatoms. The van der Waals surface area contributed by atoms with Crippen molar-refractivity contribution in [1.29, 1.82) is 0 Å². The zero-order chi connectivity index (χ0) is 13.1. The highest BCUT2D eigenvalue weighted by Crippen LogP contribution is 2.28. The Kier molecular flexibility index (Phi) is 5.08. The second-order valence-electron chi connectivity index (χ2n) is 7.15. The molecule has 0 bridgehead atoms. The molecule has 1 N–H and O–H groups in total. The van der Waals surface area contributed by atoms with E-state index in [4.69, 9.17) is 0 Å². The quantitative estimate of drug-likeness (QED) is 0.830. The molecule has 2 nitrogen and oxygen atoms in total.